The average molecular weight is 272 g/mol. The lowest BCUT2D eigenvalue weighted by atomic mass is 10.1. The highest BCUT2D eigenvalue weighted by molar-refractivity contribution is 5.78. The van der Waals surface area contributed by atoms with Crippen molar-refractivity contribution >= 4 is 6.03 Å². The first-order valence-electron chi connectivity index (χ1n) is 6.22. The second kappa shape index (κ2) is 5.43. The zero-order valence-electron chi connectivity index (χ0n) is 10.5. The molecule has 1 saturated heterocycles. The van der Waals surface area contributed by atoms with Gasteiger partial charge in [0.2, 0.25) is 0 Å². The molecule has 1 fully saturated rings. The highest BCUT2D eigenvalue weighted by Crippen LogP contribution is 2.25. The van der Waals surface area contributed by atoms with E-state index in [2.05, 4.69) is 5.32 Å². The molecule has 0 aromatic carbocycles. The van der Waals surface area contributed by atoms with Crippen LogP contribution in [0.4, 0.5) is 4.79 Å². The molecule has 108 valence electrons. The monoisotopic (exact) mass is 272 g/mol. The van der Waals surface area contributed by atoms with Crippen molar-refractivity contribution in [2.75, 3.05) is 13.2 Å². The van der Waals surface area contributed by atoms with Crippen LogP contribution in [-0.2, 0) is 4.74 Å². The Morgan fingerprint density at radius 2 is 2.37 bits per heavy atom. The number of amides is 2. The summed E-state index contributed by atoms with van der Waals surface area (Å²) in [5.74, 6) is 0. The molecule has 8 nitrogen and oxygen atoms in total. The van der Waals surface area contributed by atoms with Gasteiger partial charge in [0.15, 0.2) is 0 Å². The molecule has 0 aromatic heterocycles. The third kappa shape index (κ3) is 2.88. The van der Waals surface area contributed by atoms with Crippen molar-refractivity contribution in [3.8, 4) is 0 Å². The van der Waals surface area contributed by atoms with E-state index in [4.69, 9.17) is 21.3 Å². The van der Waals surface area contributed by atoms with Crippen LogP contribution in [0.1, 0.15) is 12.8 Å². The van der Waals surface area contributed by atoms with Crippen LogP contribution in [0.5, 0.6) is 0 Å². The number of nitrogens with zero attached hydrogens (tertiary/aromatic N) is 1. The number of hydrogen-bond donors (Lipinski definition) is 5. The average Bonchev–Trinajstić information content (AvgIpc) is 2.70. The molecular weight excluding hydrogens is 252 g/mol. The molecule has 19 heavy (non-hydrogen) atoms. The van der Waals surface area contributed by atoms with Gasteiger partial charge in [-0.1, -0.05) is 0 Å². The molecule has 2 amide bonds. The summed E-state index contributed by atoms with van der Waals surface area (Å²) < 4.78 is 5.41. The van der Waals surface area contributed by atoms with Gasteiger partial charge in [0, 0.05) is 12.6 Å². The van der Waals surface area contributed by atoms with E-state index in [0.717, 1.165) is 0 Å². The standard InChI is InChI=1S/C11H20N4O4/c12-3-1-11(13)2-4-15(10(18)14-11)9-5-7(17)8(6-16)19-9/h2,4,7-9,16-17H,1,3,5-6,12-13H2,(H,14,18)/t7-,8+,9+,11?/m0/s1. The highest BCUT2D eigenvalue weighted by atomic mass is 16.5. The number of ether oxygens (including phenoxy) is 1. The minimum absolute atomic E-state index is 0.247. The minimum atomic E-state index is -0.948. The Morgan fingerprint density at radius 3 is 2.89 bits per heavy atom. The number of aliphatic hydroxyl groups excluding tert-OH is 2. The lowest BCUT2D eigenvalue weighted by Crippen LogP contribution is -2.62. The molecule has 2 rings (SSSR count). The number of nitrogens with two attached hydrogens (primary N) is 2. The summed E-state index contributed by atoms with van der Waals surface area (Å²) in [7, 11) is 0. The van der Waals surface area contributed by atoms with E-state index >= 15 is 0 Å². The fourth-order valence-corrected chi connectivity index (χ4v) is 2.25. The minimum Gasteiger partial charge on any atom is -0.394 e. The topological polar surface area (TPSA) is 134 Å². The van der Waals surface area contributed by atoms with Gasteiger partial charge in [0.25, 0.3) is 0 Å². The van der Waals surface area contributed by atoms with Crippen LogP contribution in [-0.4, -0.2) is 58.4 Å². The van der Waals surface area contributed by atoms with Crippen molar-refractivity contribution in [2.45, 2.75) is 36.9 Å². The first-order chi connectivity index (χ1) is 8.99. The number of urea groups is 1. The van der Waals surface area contributed by atoms with Crippen molar-refractivity contribution in [1.82, 2.24) is 10.2 Å². The van der Waals surface area contributed by atoms with E-state index in [-0.39, 0.29) is 13.0 Å². The molecule has 2 aliphatic rings. The van der Waals surface area contributed by atoms with Gasteiger partial charge in [-0.15, -0.1) is 0 Å². The van der Waals surface area contributed by atoms with Gasteiger partial charge >= 0.3 is 6.03 Å². The molecule has 0 spiro atoms. The van der Waals surface area contributed by atoms with Crippen molar-refractivity contribution in [3.05, 3.63) is 12.3 Å². The summed E-state index contributed by atoms with van der Waals surface area (Å²) in [5.41, 5.74) is 10.4. The van der Waals surface area contributed by atoms with Crippen molar-refractivity contribution in [1.29, 1.82) is 0 Å². The van der Waals surface area contributed by atoms with Crippen LogP contribution in [0, 0.1) is 0 Å². The maximum absolute atomic E-state index is 12.0. The predicted molar refractivity (Wildman–Crippen MR) is 66.5 cm³/mol. The second-order valence-corrected chi connectivity index (χ2v) is 4.85. The molecule has 4 atom stereocenters. The van der Waals surface area contributed by atoms with Crippen LogP contribution in [0.3, 0.4) is 0 Å². The van der Waals surface area contributed by atoms with Gasteiger partial charge in [-0.25, -0.2) is 4.79 Å². The number of carbonyl (C=O) groups excluding carboxylic acids is 1. The van der Waals surface area contributed by atoms with Crippen molar-refractivity contribution in [3.63, 3.8) is 0 Å². The Kier molecular flexibility index (Phi) is 4.07. The third-order valence-corrected chi connectivity index (χ3v) is 3.36. The van der Waals surface area contributed by atoms with Gasteiger partial charge in [0.1, 0.15) is 18.0 Å². The van der Waals surface area contributed by atoms with Crippen LogP contribution in [0.2, 0.25) is 0 Å². The summed E-state index contributed by atoms with van der Waals surface area (Å²) >= 11 is 0. The largest absolute Gasteiger partial charge is 0.394 e. The predicted octanol–water partition coefficient (Wildman–Crippen LogP) is -2.00. The first-order valence-corrected chi connectivity index (χ1v) is 6.22. The molecule has 7 N–H and O–H groups in total. The zero-order chi connectivity index (χ0) is 14.0. The normalized spacial score (nSPS) is 38.6. The molecule has 0 aliphatic carbocycles. The quantitative estimate of drug-likeness (QED) is 0.402. The molecular formula is C11H20N4O4. The molecule has 0 radical (unpaired) electrons. The summed E-state index contributed by atoms with van der Waals surface area (Å²) in [6, 6.07) is -0.408. The van der Waals surface area contributed by atoms with Gasteiger partial charge in [-0.05, 0) is 19.0 Å². The van der Waals surface area contributed by atoms with Crippen LogP contribution in [0.15, 0.2) is 12.3 Å². The fourth-order valence-electron chi connectivity index (χ4n) is 2.25. The number of rotatable bonds is 4. The van der Waals surface area contributed by atoms with Gasteiger partial charge in [-0.3, -0.25) is 4.90 Å². The number of hydrogen-bond acceptors (Lipinski definition) is 6. The van der Waals surface area contributed by atoms with E-state index in [1.807, 2.05) is 0 Å². The maximum Gasteiger partial charge on any atom is 0.325 e. The number of nitrogens with one attached hydrogen (secondary N) is 1. The van der Waals surface area contributed by atoms with Gasteiger partial charge in [-0.2, -0.15) is 0 Å². The second-order valence-electron chi connectivity index (χ2n) is 4.85. The molecule has 0 aromatic rings. The van der Waals surface area contributed by atoms with E-state index in [1.54, 1.807) is 6.08 Å². The Hall–Kier alpha value is -1.19. The highest BCUT2D eigenvalue weighted by Gasteiger charge is 2.40. The van der Waals surface area contributed by atoms with Crippen LogP contribution >= 0.6 is 0 Å². The van der Waals surface area contributed by atoms with Gasteiger partial charge < -0.3 is 31.7 Å². The zero-order valence-corrected chi connectivity index (χ0v) is 10.5. The maximum atomic E-state index is 12.0. The molecule has 0 saturated carbocycles. The van der Waals surface area contributed by atoms with Crippen LogP contribution < -0.4 is 16.8 Å². The molecule has 0 bridgehead atoms. The van der Waals surface area contributed by atoms with Crippen LogP contribution in [0.25, 0.3) is 0 Å². The lowest BCUT2D eigenvalue weighted by molar-refractivity contribution is -0.0548. The molecule has 1 unspecified atom stereocenters. The van der Waals surface area contributed by atoms with Crippen molar-refractivity contribution < 1.29 is 19.7 Å². The van der Waals surface area contributed by atoms with Gasteiger partial charge in [0.05, 0.1) is 12.7 Å². The lowest BCUT2D eigenvalue weighted by Gasteiger charge is -2.36. The van der Waals surface area contributed by atoms with E-state index < -0.39 is 30.1 Å². The Morgan fingerprint density at radius 1 is 1.63 bits per heavy atom. The van der Waals surface area contributed by atoms with E-state index in [0.29, 0.717) is 13.0 Å². The summed E-state index contributed by atoms with van der Waals surface area (Å²) in [5, 5.41) is 21.3. The molecule has 2 aliphatic heterocycles. The SMILES string of the molecule is NCCC1(N)C=CN([C@H]2C[C@H](O)[C@@H](CO)O2)C(=O)N1. The molecule has 8 heteroatoms. The molecule has 2 heterocycles. The summed E-state index contributed by atoms with van der Waals surface area (Å²) in [6.45, 7) is 0.0667. The Bertz CT molecular complexity index is 378. The third-order valence-electron chi connectivity index (χ3n) is 3.36. The van der Waals surface area contributed by atoms with E-state index in [9.17, 15) is 9.90 Å². The van der Waals surface area contributed by atoms with Crippen molar-refractivity contribution in [2.24, 2.45) is 11.5 Å². The number of carbonyl (C=O) groups is 1. The first kappa shape index (κ1) is 14.2. The fraction of sp³-hybridized carbons (Fsp3) is 0.727. The number of aliphatic hydroxyl groups is 2. The summed E-state index contributed by atoms with van der Waals surface area (Å²) in [4.78, 5) is 13.3. The van der Waals surface area contributed by atoms with E-state index in [1.165, 1.54) is 11.1 Å². The Labute approximate surface area is 111 Å². The summed E-state index contributed by atoms with van der Waals surface area (Å²) in [6.07, 6.45) is 1.79. The smallest absolute Gasteiger partial charge is 0.325 e. The Balaban J connectivity index is 2.05.